The maximum absolute atomic E-state index is 5.65. The van der Waals surface area contributed by atoms with Crippen LogP contribution in [-0.4, -0.2) is 19.9 Å². The summed E-state index contributed by atoms with van der Waals surface area (Å²) in [5.41, 5.74) is 4.72. The van der Waals surface area contributed by atoms with Crippen LogP contribution in [0, 0.1) is 0 Å². The molecule has 0 aromatic heterocycles. The predicted molar refractivity (Wildman–Crippen MR) is 86.3 cm³/mol. The second-order valence-corrected chi connectivity index (χ2v) is 4.21. The highest BCUT2D eigenvalue weighted by Gasteiger charge is 2.08. The van der Waals surface area contributed by atoms with Crippen molar-refractivity contribution in [3.05, 3.63) is 66.7 Å². The minimum absolute atomic E-state index is 0.410. The minimum atomic E-state index is 0.410. The van der Waals surface area contributed by atoms with Gasteiger partial charge in [0.15, 0.2) is 11.5 Å². The lowest BCUT2D eigenvalue weighted by molar-refractivity contribution is 0.326. The van der Waals surface area contributed by atoms with Gasteiger partial charge in [-0.15, -0.1) is 0 Å². The van der Waals surface area contributed by atoms with Gasteiger partial charge in [-0.05, 0) is 24.3 Å². The van der Waals surface area contributed by atoms with Crippen LogP contribution in [-0.2, 0) is 0 Å². The van der Waals surface area contributed by atoms with Crippen LogP contribution in [0.4, 0.5) is 5.69 Å². The second-order valence-electron chi connectivity index (χ2n) is 4.21. The number of ether oxygens (including phenoxy) is 2. The number of nitrogens with one attached hydrogen (secondary N) is 1. The van der Waals surface area contributed by atoms with Crippen LogP contribution in [0.1, 0.15) is 5.56 Å². The highest BCUT2D eigenvalue weighted by Crippen LogP contribution is 2.30. The summed E-state index contributed by atoms with van der Waals surface area (Å²) in [6, 6.07) is 15.4. The topological polar surface area (TPSA) is 42.8 Å². The molecule has 4 heteroatoms. The molecule has 0 bridgehead atoms. The number of para-hydroxylation sites is 2. The molecule has 2 aromatic carbocycles. The molecule has 4 nitrogen and oxygen atoms in total. The standard InChI is InChI=1S/C17H18N2O2/c1-3-12-21-17-14(8-7-11-16(17)20-2)13-18-19-15-9-5-4-6-10-15/h3-11,13,19H,1,12H2,2H3. The first kappa shape index (κ1) is 14.7. The monoisotopic (exact) mass is 282 g/mol. The molecule has 0 radical (unpaired) electrons. The summed E-state index contributed by atoms with van der Waals surface area (Å²) in [6.45, 7) is 4.06. The Balaban J connectivity index is 2.16. The first-order chi connectivity index (χ1) is 10.3. The summed E-state index contributed by atoms with van der Waals surface area (Å²) >= 11 is 0. The van der Waals surface area contributed by atoms with Crippen LogP contribution in [0.25, 0.3) is 0 Å². The van der Waals surface area contributed by atoms with E-state index in [9.17, 15) is 0 Å². The number of nitrogens with zero attached hydrogens (tertiary/aromatic N) is 1. The van der Waals surface area contributed by atoms with E-state index in [0.29, 0.717) is 18.1 Å². The number of methoxy groups -OCH3 is 1. The van der Waals surface area contributed by atoms with E-state index in [-0.39, 0.29) is 0 Å². The molecule has 1 N–H and O–H groups in total. The van der Waals surface area contributed by atoms with Crippen molar-refractivity contribution < 1.29 is 9.47 Å². The maximum atomic E-state index is 5.65. The van der Waals surface area contributed by atoms with E-state index in [4.69, 9.17) is 9.47 Å². The molecular formula is C17H18N2O2. The number of hydrogen-bond donors (Lipinski definition) is 1. The fourth-order valence-corrected chi connectivity index (χ4v) is 1.78. The molecule has 0 saturated heterocycles. The second kappa shape index (κ2) is 7.75. The van der Waals surface area contributed by atoms with Gasteiger partial charge in [0.05, 0.1) is 19.0 Å². The van der Waals surface area contributed by atoms with Gasteiger partial charge in [0.2, 0.25) is 0 Å². The largest absolute Gasteiger partial charge is 0.493 e. The van der Waals surface area contributed by atoms with E-state index in [1.165, 1.54) is 0 Å². The molecule has 0 aliphatic heterocycles. The molecule has 2 rings (SSSR count). The van der Waals surface area contributed by atoms with Gasteiger partial charge in [-0.25, -0.2) is 0 Å². The Morgan fingerprint density at radius 1 is 1.14 bits per heavy atom. The summed E-state index contributed by atoms with van der Waals surface area (Å²) in [5, 5.41) is 4.22. The average molecular weight is 282 g/mol. The molecule has 0 spiro atoms. The Bertz CT molecular complexity index is 609. The van der Waals surface area contributed by atoms with Crippen LogP contribution in [0.15, 0.2) is 66.3 Å². The smallest absolute Gasteiger partial charge is 0.170 e. The molecule has 0 heterocycles. The zero-order valence-corrected chi connectivity index (χ0v) is 12.0. The van der Waals surface area contributed by atoms with E-state index in [1.807, 2.05) is 48.5 Å². The van der Waals surface area contributed by atoms with E-state index in [1.54, 1.807) is 19.4 Å². The van der Waals surface area contributed by atoms with Gasteiger partial charge in [-0.3, -0.25) is 5.43 Å². The molecule has 2 aromatic rings. The van der Waals surface area contributed by atoms with Crippen molar-refractivity contribution in [2.45, 2.75) is 0 Å². The minimum Gasteiger partial charge on any atom is -0.493 e. The van der Waals surface area contributed by atoms with Gasteiger partial charge in [-0.1, -0.05) is 36.9 Å². The zero-order chi connectivity index (χ0) is 14.9. The summed E-state index contributed by atoms with van der Waals surface area (Å²) in [7, 11) is 1.61. The predicted octanol–water partition coefficient (Wildman–Crippen LogP) is 3.71. The van der Waals surface area contributed by atoms with Gasteiger partial charge >= 0.3 is 0 Å². The first-order valence-corrected chi connectivity index (χ1v) is 6.60. The van der Waals surface area contributed by atoms with Crippen LogP contribution in [0.5, 0.6) is 11.5 Å². The zero-order valence-electron chi connectivity index (χ0n) is 12.0. The van der Waals surface area contributed by atoms with E-state index in [2.05, 4.69) is 17.1 Å². The molecular weight excluding hydrogens is 264 g/mol. The fraction of sp³-hybridized carbons (Fsp3) is 0.118. The third-order valence-electron chi connectivity index (χ3n) is 2.75. The van der Waals surface area contributed by atoms with Crippen molar-refractivity contribution in [2.24, 2.45) is 5.10 Å². The quantitative estimate of drug-likeness (QED) is 0.478. The molecule has 0 unspecified atom stereocenters. The first-order valence-electron chi connectivity index (χ1n) is 6.60. The Morgan fingerprint density at radius 2 is 1.95 bits per heavy atom. The van der Waals surface area contributed by atoms with Gasteiger partial charge in [0.1, 0.15) is 6.61 Å². The summed E-state index contributed by atoms with van der Waals surface area (Å²) in [5.74, 6) is 1.32. The summed E-state index contributed by atoms with van der Waals surface area (Å²) in [4.78, 5) is 0. The SMILES string of the molecule is C=CCOc1c(C=NNc2ccccc2)cccc1OC. The number of hydrogen-bond acceptors (Lipinski definition) is 4. The number of rotatable bonds is 7. The Labute approximate surface area is 124 Å². The van der Waals surface area contributed by atoms with Crippen LogP contribution in [0.2, 0.25) is 0 Å². The number of hydrazone groups is 1. The number of anilines is 1. The van der Waals surface area contributed by atoms with Gasteiger partial charge in [0, 0.05) is 5.56 Å². The molecule has 0 aliphatic carbocycles. The lowest BCUT2D eigenvalue weighted by atomic mass is 10.2. The molecule has 0 amide bonds. The lowest BCUT2D eigenvalue weighted by Gasteiger charge is -2.11. The lowest BCUT2D eigenvalue weighted by Crippen LogP contribution is -2.00. The summed E-state index contributed by atoms with van der Waals surface area (Å²) < 4.78 is 11.0. The van der Waals surface area contributed by atoms with Crippen LogP contribution < -0.4 is 14.9 Å². The fourth-order valence-electron chi connectivity index (χ4n) is 1.78. The number of benzene rings is 2. The Morgan fingerprint density at radius 3 is 2.67 bits per heavy atom. The average Bonchev–Trinajstić information content (AvgIpc) is 2.54. The van der Waals surface area contributed by atoms with Gasteiger partial charge in [0.25, 0.3) is 0 Å². The van der Waals surface area contributed by atoms with Crippen molar-refractivity contribution in [1.82, 2.24) is 0 Å². The third-order valence-corrected chi connectivity index (χ3v) is 2.75. The van der Waals surface area contributed by atoms with E-state index < -0.39 is 0 Å². The van der Waals surface area contributed by atoms with Crippen LogP contribution in [0.3, 0.4) is 0 Å². The highest BCUT2D eigenvalue weighted by atomic mass is 16.5. The van der Waals surface area contributed by atoms with Crippen molar-refractivity contribution in [3.63, 3.8) is 0 Å². The Hall–Kier alpha value is -2.75. The van der Waals surface area contributed by atoms with Crippen molar-refractivity contribution in [3.8, 4) is 11.5 Å². The molecule has 108 valence electrons. The normalized spacial score (nSPS) is 10.3. The molecule has 0 atom stereocenters. The Kier molecular flexibility index (Phi) is 5.41. The molecule has 0 aliphatic rings. The van der Waals surface area contributed by atoms with E-state index in [0.717, 1.165) is 11.3 Å². The van der Waals surface area contributed by atoms with Crippen molar-refractivity contribution in [2.75, 3.05) is 19.1 Å². The highest BCUT2D eigenvalue weighted by molar-refractivity contribution is 5.85. The van der Waals surface area contributed by atoms with Gasteiger partial charge < -0.3 is 9.47 Å². The third kappa shape index (κ3) is 4.11. The van der Waals surface area contributed by atoms with Crippen LogP contribution >= 0.6 is 0 Å². The van der Waals surface area contributed by atoms with Gasteiger partial charge in [-0.2, -0.15) is 5.10 Å². The van der Waals surface area contributed by atoms with Crippen molar-refractivity contribution in [1.29, 1.82) is 0 Å². The maximum Gasteiger partial charge on any atom is 0.170 e. The molecule has 0 saturated carbocycles. The van der Waals surface area contributed by atoms with Crippen molar-refractivity contribution >= 4 is 11.9 Å². The summed E-state index contributed by atoms with van der Waals surface area (Å²) in [6.07, 6.45) is 3.39. The molecule has 21 heavy (non-hydrogen) atoms. The van der Waals surface area contributed by atoms with E-state index >= 15 is 0 Å². The molecule has 0 fully saturated rings.